The van der Waals surface area contributed by atoms with Gasteiger partial charge in [-0.15, -0.1) is 0 Å². The number of rotatable bonds is 5. The molecular formula is C23H31F3. The summed E-state index contributed by atoms with van der Waals surface area (Å²) in [6, 6.07) is 2.38. The van der Waals surface area contributed by atoms with E-state index in [2.05, 4.69) is 19.1 Å². The molecule has 3 heteroatoms. The number of unbranched alkanes of at least 4 members (excludes halogenated alkanes) is 1. The first kappa shape index (κ1) is 19.5. The van der Waals surface area contributed by atoms with Gasteiger partial charge < -0.3 is 0 Å². The molecule has 0 N–H and O–H groups in total. The Bertz CT molecular complexity index is 583. The van der Waals surface area contributed by atoms with Crippen LogP contribution in [-0.4, -0.2) is 0 Å². The number of hydrogen-bond donors (Lipinski definition) is 0. The van der Waals surface area contributed by atoms with Gasteiger partial charge in [0.05, 0.1) is 0 Å². The maximum Gasteiger partial charge on any atom is 0.194 e. The van der Waals surface area contributed by atoms with Crippen LogP contribution < -0.4 is 0 Å². The van der Waals surface area contributed by atoms with E-state index in [4.69, 9.17) is 0 Å². The smallest absolute Gasteiger partial charge is 0.194 e. The lowest BCUT2D eigenvalue weighted by Crippen LogP contribution is -2.25. The first-order valence-electron chi connectivity index (χ1n) is 10.4. The second-order valence-electron chi connectivity index (χ2n) is 8.30. The quantitative estimate of drug-likeness (QED) is 0.374. The van der Waals surface area contributed by atoms with E-state index in [1.807, 2.05) is 0 Å². The largest absolute Gasteiger partial charge is 0.204 e. The normalized spacial score (nSPS) is 30.0. The van der Waals surface area contributed by atoms with Crippen molar-refractivity contribution in [2.45, 2.75) is 77.0 Å². The molecule has 0 aliphatic heterocycles. The van der Waals surface area contributed by atoms with Gasteiger partial charge in [0.2, 0.25) is 0 Å². The van der Waals surface area contributed by atoms with Crippen LogP contribution in [0.4, 0.5) is 13.2 Å². The summed E-state index contributed by atoms with van der Waals surface area (Å²) in [6.07, 6.45) is 16.6. The molecule has 0 spiro atoms. The highest BCUT2D eigenvalue weighted by molar-refractivity contribution is 5.23. The Morgan fingerprint density at radius 2 is 1.38 bits per heavy atom. The van der Waals surface area contributed by atoms with E-state index in [-0.39, 0.29) is 5.92 Å². The predicted molar refractivity (Wildman–Crippen MR) is 101 cm³/mol. The number of halogens is 3. The third-order valence-electron chi connectivity index (χ3n) is 6.60. The maximum atomic E-state index is 13.5. The minimum Gasteiger partial charge on any atom is -0.204 e. The first-order chi connectivity index (χ1) is 12.6. The molecule has 2 aliphatic carbocycles. The molecule has 0 amide bonds. The Morgan fingerprint density at radius 1 is 0.846 bits per heavy atom. The van der Waals surface area contributed by atoms with Gasteiger partial charge in [0.1, 0.15) is 0 Å². The zero-order valence-corrected chi connectivity index (χ0v) is 15.8. The molecule has 26 heavy (non-hydrogen) atoms. The van der Waals surface area contributed by atoms with Gasteiger partial charge in [-0.25, -0.2) is 13.2 Å². The van der Waals surface area contributed by atoms with Crippen LogP contribution in [-0.2, 0) is 0 Å². The summed E-state index contributed by atoms with van der Waals surface area (Å²) in [5.74, 6) is -0.973. The van der Waals surface area contributed by atoms with Crippen molar-refractivity contribution in [2.24, 2.45) is 17.8 Å². The van der Waals surface area contributed by atoms with Crippen molar-refractivity contribution in [2.75, 3.05) is 0 Å². The van der Waals surface area contributed by atoms with Crippen LogP contribution in [0.25, 0.3) is 0 Å². The van der Waals surface area contributed by atoms with E-state index in [1.54, 1.807) is 0 Å². The minimum atomic E-state index is -1.35. The lowest BCUT2D eigenvalue weighted by atomic mass is 9.68. The molecule has 0 radical (unpaired) electrons. The molecule has 0 nitrogen and oxygen atoms in total. The van der Waals surface area contributed by atoms with Gasteiger partial charge in [0.25, 0.3) is 0 Å². The first-order valence-corrected chi connectivity index (χ1v) is 10.4. The fraction of sp³-hybridized carbons (Fsp3) is 0.652. The molecule has 144 valence electrons. The molecule has 3 rings (SSSR count). The van der Waals surface area contributed by atoms with Crippen molar-refractivity contribution in [3.05, 3.63) is 47.3 Å². The Morgan fingerprint density at radius 3 is 1.92 bits per heavy atom. The van der Waals surface area contributed by atoms with Crippen LogP contribution >= 0.6 is 0 Å². The summed E-state index contributed by atoms with van der Waals surface area (Å²) < 4.78 is 40.1. The topological polar surface area (TPSA) is 0 Å². The van der Waals surface area contributed by atoms with Crippen LogP contribution in [0, 0.1) is 35.2 Å². The van der Waals surface area contributed by atoms with Gasteiger partial charge in [-0.2, -0.15) is 0 Å². The Balaban J connectivity index is 1.49. The molecule has 0 unspecified atom stereocenters. The highest BCUT2D eigenvalue weighted by Gasteiger charge is 2.31. The van der Waals surface area contributed by atoms with E-state index in [1.165, 1.54) is 50.7 Å². The Kier molecular flexibility index (Phi) is 6.83. The highest BCUT2D eigenvalue weighted by Crippen LogP contribution is 2.44. The van der Waals surface area contributed by atoms with Crippen molar-refractivity contribution in [1.82, 2.24) is 0 Å². The summed E-state index contributed by atoms with van der Waals surface area (Å²) >= 11 is 0. The fourth-order valence-corrected chi connectivity index (χ4v) is 5.00. The molecular weight excluding hydrogens is 333 g/mol. The van der Waals surface area contributed by atoms with Crippen LogP contribution in [0.15, 0.2) is 24.3 Å². The summed E-state index contributed by atoms with van der Waals surface area (Å²) in [5.41, 5.74) is 0.629. The molecule has 2 fully saturated rings. The van der Waals surface area contributed by atoms with Crippen molar-refractivity contribution in [3.8, 4) is 0 Å². The van der Waals surface area contributed by atoms with E-state index in [0.29, 0.717) is 5.56 Å². The Hall–Kier alpha value is -1.25. The average molecular weight is 364 g/mol. The summed E-state index contributed by atoms with van der Waals surface area (Å²) in [5, 5.41) is 0. The molecule has 2 aliphatic rings. The third-order valence-corrected chi connectivity index (χ3v) is 6.60. The lowest BCUT2D eigenvalue weighted by molar-refractivity contribution is 0.171. The lowest BCUT2D eigenvalue weighted by Gasteiger charge is -2.37. The van der Waals surface area contributed by atoms with E-state index < -0.39 is 17.5 Å². The average Bonchev–Trinajstić information content (AvgIpc) is 2.67. The van der Waals surface area contributed by atoms with Crippen molar-refractivity contribution >= 4 is 0 Å². The van der Waals surface area contributed by atoms with E-state index in [0.717, 1.165) is 43.4 Å². The van der Waals surface area contributed by atoms with Crippen LogP contribution in [0.1, 0.15) is 82.6 Å². The number of allylic oxidation sites excluding steroid dienone is 2. The van der Waals surface area contributed by atoms with Crippen molar-refractivity contribution in [3.63, 3.8) is 0 Å². The molecule has 0 aromatic heterocycles. The zero-order valence-electron chi connectivity index (χ0n) is 15.8. The summed E-state index contributed by atoms with van der Waals surface area (Å²) in [6.45, 7) is 2.21. The molecule has 1 aromatic rings. The van der Waals surface area contributed by atoms with Gasteiger partial charge >= 0.3 is 0 Å². The number of hydrogen-bond acceptors (Lipinski definition) is 0. The fourth-order valence-electron chi connectivity index (χ4n) is 5.00. The van der Waals surface area contributed by atoms with Gasteiger partial charge in [-0.05, 0) is 99.2 Å². The molecule has 1 aromatic carbocycles. The number of benzene rings is 1. The molecule has 0 heterocycles. The van der Waals surface area contributed by atoms with Crippen LogP contribution in [0.2, 0.25) is 0 Å². The summed E-state index contributed by atoms with van der Waals surface area (Å²) in [7, 11) is 0. The standard InChI is InChI=1S/C23H31F3/c1-2-3-4-5-16-6-8-17(9-7-16)18-10-12-19(13-11-18)20-14-21(24)23(26)22(25)15-20/h4-5,14-19H,2-3,6-13H2,1H3/b5-4+. The second kappa shape index (κ2) is 9.10. The van der Waals surface area contributed by atoms with Crippen LogP contribution in [0.5, 0.6) is 0 Å². The second-order valence-corrected chi connectivity index (χ2v) is 8.30. The van der Waals surface area contributed by atoms with Gasteiger partial charge in [0.15, 0.2) is 17.5 Å². The molecule has 0 atom stereocenters. The van der Waals surface area contributed by atoms with Gasteiger partial charge in [-0.3, -0.25) is 0 Å². The minimum absolute atomic E-state index is 0.171. The third kappa shape index (κ3) is 4.72. The van der Waals surface area contributed by atoms with E-state index >= 15 is 0 Å². The van der Waals surface area contributed by atoms with Gasteiger partial charge in [-0.1, -0.05) is 25.5 Å². The molecule has 2 saturated carbocycles. The van der Waals surface area contributed by atoms with Crippen molar-refractivity contribution in [1.29, 1.82) is 0 Å². The van der Waals surface area contributed by atoms with Gasteiger partial charge in [0, 0.05) is 0 Å². The highest BCUT2D eigenvalue weighted by atomic mass is 19.2. The molecule has 0 saturated heterocycles. The predicted octanol–water partition coefficient (Wildman–Crippen LogP) is 7.54. The summed E-state index contributed by atoms with van der Waals surface area (Å²) in [4.78, 5) is 0. The molecule has 0 bridgehead atoms. The Labute approximate surface area is 155 Å². The monoisotopic (exact) mass is 364 g/mol. The maximum absolute atomic E-state index is 13.5. The SMILES string of the molecule is CCC/C=C/C1CCC(C2CCC(c3cc(F)c(F)c(F)c3)CC2)CC1. The van der Waals surface area contributed by atoms with Crippen LogP contribution in [0.3, 0.4) is 0 Å². The van der Waals surface area contributed by atoms with E-state index in [9.17, 15) is 13.2 Å². The van der Waals surface area contributed by atoms with Crippen molar-refractivity contribution < 1.29 is 13.2 Å². The zero-order chi connectivity index (χ0) is 18.5.